The molecule has 2 N–H and O–H groups in total. The van der Waals surface area contributed by atoms with Crippen molar-refractivity contribution in [1.82, 2.24) is 10.6 Å². The van der Waals surface area contributed by atoms with Gasteiger partial charge in [0.1, 0.15) is 11.9 Å². The van der Waals surface area contributed by atoms with Crippen molar-refractivity contribution >= 4 is 5.96 Å². The van der Waals surface area contributed by atoms with E-state index in [1.165, 1.54) is 11.1 Å². The lowest BCUT2D eigenvalue weighted by atomic mass is 10.1. The van der Waals surface area contributed by atoms with Gasteiger partial charge in [-0.3, -0.25) is 4.99 Å². The van der Waals surface area contributed by atoms with Crippen molar-refractivity contribution in [2.45, 2.75) is 45.4 Å². The first-order valence-electron chi connectivity index (χ1n) is 11.1. The van der Waals surface area contributed by atoms with Gasteiger partial charge >= 0.3 is 0 Å². The lowest BCUT2D eigenvalue weighted by Crippen LogP contribution is -2.37. The Morgan fingerprint density at radius 1 is 1.19 bits per heavy atom. The number of nitrogens with zero attached hydrogens (tertiary/aromatic N) is 1. The molecule has 1 aliphatic heterocycles. The lowest BCUT2D eigenvalue weighted by Gasteiger charge is -2.18. The van der Waals surface area contributed by atoms with Crippen molar-refractivity contribution in [3.63, 3.8) is 0 Å². The largest absolute Gasteiger partial charge is 0.488 e. The zero-order valence-electron chi connectivity index (χ0n) is 18.9. The number of hydrogen-bond donors (Lipinski definition) is 2. The normalized spacial score (nSPS) is 17.4. The van der Waals surface area contributed by atoms with Gasteiger partial charge in [-0.2, -0.15) is 0 Å². The summed E-state index contributed by atoms with van der Waals surface area (Å²) in [6.45, 7) is 7.73. The summed E-state index contributed by atoms with van der Waals surface area (Å²) in [6, 6.07) is 16.6. The molecule has 2 unspecified atom stereocenters. The second-order valence-corrected chi connectivity index (χ2v) is 7.84. The maximum atomic E-state index is 6.18. The highest BCUT2D eigenvalue weighted by atomic mass is 16.5. The van der Waals surface area contributed by atoms with Crippen LogP contribution in [0.25, 0.3) is 0 Å². The number of hydrogen-bond acceptors (Lipinski definition) is 4. The fourth-order valence-electron chi connectivity index (χ4n) is 3.46. The fourth-order valence-corrected chi connectivity index (χ4v) is 3.46. The van der Waals surface area contributed by atoms with Gasteiger partial charge in [0, 0.05) is 38.7 Å². The zero-order chi connectivity index (χ0) is 21.9. The summed E-state index contributed by atoms with van der Waals surface area (Å²) in [4.78, 5) is 4.33. The molecule has 1 heterocycles. The average Bonchev–Trinajstić information content (AvgIpc) is 3.30. The van der Waals surface area contributed by atoms with E-state index in [9.17, 15) is 0 Å². The van der Waals surface area contributed by atoms with Gasteiger partial charge in [-0.25, -0.2) is 0 Å². The van der Waals surface area contributed by atoms with Gasteiger partial charge in [0.15, 0.2) is 5.96 Å². The van der Waals surface area contributed by atoms with Crippen molar-refractivity contribution < 1.29 is 14.2 Å². The number of rotatable bonds is 10. The van der Waals surface area contributed by atoms with E-state index >= 15 is 0 Å². The number of guanidine groups is 1. The third-order valence-corrected chi connectivity index (χ3v) is 5.32. The number of aryl methyl sites for hydroxylation is 1. The van der Waals surface area contributed by atoms with Crippen molar-refractivity contribution in [1.29, 1.82) is 0 Å². The SMILES string of the molecule is CN=C(NCCCOC(C)c1ccccc1)NCc1ccc(C)cc1OC1CCOC1. The second-order valence-electron chi connectivity index (χ2n) is 7.84. The summed E-state index contributed by atoms with van der Waals surface area (Å²) in [6.07, 6.45) is 2.08. The summed E-state index contributed by atoms with van der Waals surface area (Å²) >= 11 is 0. The molecule has 2 aromatic rings. The topological polar surface area (TPSA) is 64.1 Å². The average molecular weight is 426 g/mol. The smallest absolute Gasteiger partial charge is 0.191 e. The Bertz CT molecular complexity index is 820. The first-order chi connectivity index (χ1) is 15.2. The van der Waals surface area contributed by atoms with E-state index in [4.69, 9.17) is 14.2 Å². The number of nitrogens with one attached hydrogen (secondary N) is 2. The predicted octanol–water partition coefficient (Wildman–Crippen LogP) is 4.00. The van der Waals surface area contributed by atoms with Crippen molar-refractivity contribution in [2.75, 3.05) is 33.4 Å². The summed E-state index contributed by atoms with van der Waals surface area (Å²) in [5.74, 6) is 1.69. The van der Waals surface area contributed by atoms with Gasteiger partial charge in [0.05, 0.1) is 19.3 Å². The standard InChI is InChI=1S/C25H35N3O3/c1-19-10-11-22(24(16-19)31-23-12-15-29-18-23)17-28-25(26-3)27-13-7-14-30-20(2)21-8-5-4-6-9-21/h4-6,8-11,16,20,23H,7,12-15,17-18H2,1-3H3,(H2,26,27,28). The van der Waals surface area contributed by atoms with E-state index < -0.39 is 0 Å². The van der Waals surface area contributed by atoms with Gasteiger partial charge in [0.25, 0.3) is 0 Å². The summed E-state index contributed by atoms with van der Waals surface area (Å²) in [5.41, 5.74) is 3.50. The summed E-state index contributed by atoms with van der Waals surface area (Å²) < 4.78 is 17.6. The molecule has 0 bridgehead atoms. The van der Waals surface area contributed by atoms with Crippen LogP contribution in [0.2, 0.25) is 0 Å². The molecule has 168 valence electrons. The third kappa shape index (κ3) is 7.56. The molecule has 2 aromatic carbocycles. The van der Waals surface area contributed by atoms with E-state index in [0.717, 1.165) is 43.3 Å². The summed E-state index contributed by atoms with van der Waals surface area (Å²) in [7, 11) is 1.78. The highest BCUT2D eigenvalue weighted by Crippen LogP contribution is 2.23. The molecule has 1 fully saturated rings. The molecule has 0 aromatic heterocycles. The Kier molecular flexibility index (Phi) is 9.18. The molecule has 0 spiro atoms. The Morgan fingerprint density at radius 3 is 2.77 bits per heavy atom. The Balaban J connectivity index is 1.40. The zero-order valence-corrected chi connectivity index (χ0v) is 18.9. The van der Waals surface area contributed by atoms with E-state index in [-0.39, 0.29) is 12.2 Å². The fraction of sp³-hybridized carbons (Fsp3) is 0.480. The molecule has 0 saturated carbocycles. The molecular weight excluding hydrogens is 390 g/mol. The molecule has 6 nitrogen and oxygen atoms in total. The molecular formula is C25H35N3O3. The van der Waals surface area contributed by atoms with Gasteiger partial charge in [-0.05, 0) is 37.5 Å². The van der Waals surface area contributed by atoms with Crippen molar-refractivity contribution in [3.8, 4) is 5.75 Å². The van der Waals surface area contributed by atoms with Crippen LogP contribution < -0.4 is 15.4 Å². The molecule has 0 radical (unpaired) electrons. The van der Waals surface area contributed by atoms with Crippen LogP contribution in [0.15, 0.2) is 53.5 Å². The molecule has 1 aliphatic rings. The van der Waals surface area contributed by atoms with Crippen LogP contribution >= 0.6 is 0 Å². The number of benzene rings is 2. The van der Waals surface area contributed by atoms with Gasteiger partial charge in [0.2, 0.25) is 0 Å². The first-order valence-corrected chi connectivity index (χ1v) is 11.1. The van der Waals surface area contributed by atoms with E-state index in [2.05, 4.69) is 59.8 Å². The van der Waals surface area contributed by atoms with E-state index in [1.54, 1.807) is 7.05 Å². The molecule has 0 aliphatic carbocycles. The van der Waals surface area contributed by atoms with Gasteiger partial charge in [-0.1, -0.05) is 42.5 Å². The molecule has 0 amide bonds. The maximum absolute atomic E-state index is 6.18. The second kappa shape index (κ2) is 12.3. The molecule has 31 heavy (non-hydrogen) atoms. The molecule has 2 atom stereocenters. The van der Waals surface area contributed by atoms with Crippen LogP contribution in [0, 0.1) is 6.92 Å². The number of ether oxygens (including phenoxy) is 3. The van der Waals surface area contributed by atoms with E-state index in [0.29, 0.717) is 19.8 Å². The molecule has 3 rings (SSSR count). The highest BCUT2D eigenvalue weighted by Gasteiger charge is 2.18. The van der Waals surface area contributed by atoms with Crippen LogP contribution in [-0.4, -0.2) is 45.5 Å². The van der Waals surface area contributed by atoms with Crippen LogP contribution in [0.4, 0.5) is 0 Å². The van der Waals surface area contributed by atoms with Crippen LogP contribution in [0.5, 0.6) is 5.75 Å². The molecule has 6 heteroatoms. The molecule has 1 saturated heterocycles. The summed E-state index contributed by atoms with van der Waals surface area (Å²) in [5, 5.41) is 6.74. The maximum Gasteiger partial charge on any atom is 0.191 e. The van der Waals surface area contributed by atoms with Crippen molar-refractivity contribution in [3.05, 3.63) is 65.2 Å². The minimum atomic E-state index is 0.101. The number of aliphatic imine (C=N–C) groups is 1. The monoisotopic (exact) mass is 425 g/mol. The quantitative estimate of drug-likeness (QED) is 0.342. The third-order valence-electron chi connectivity index (χ3n) is 5.32. The van der Waals surface area contributed by atoms with Crippen LogP contribution in [0.3, 0.4) is 0 Å². The van der Waals surface area contributed by atoms with Crippen molar-refractivity contribution in [2.24, 2.45) is 4.99 Å². The Labute approximate surface area is 186 Å². The van der Waals surface area contributed by atoms with Gasteiger partial charge < -0.3 is 24.8 Å². The Hall–Kier alpha value is -2.57. The van der Waals surface area contributed by atoms with Crippen LogP contribution in [-0.2, 0) is 16.0 Å². The highest BCUT2D eigenvalue weighted by molar-refractivity contribution is 5.79. The minimum Gasteiger partial charge on any atom is -0.488 e. The first kappa shape index (κ1) is 23.1. The van der Waals surface area contributed by atoms with Gasteiger partial charge in [-0.15, -0.1) is 0 Å². The minimum absolute atomic E-state index is 0.101. The Morgan fingerprint density at radius 2 is 2.03 bits per heavy atom. The van der Waals surface area contributed by atoms with Crippen LogP contribution in [0.1, 0.15) is 42.6 Å². The van der Waals surface area contributed by atoms with E-state index in [1.807, 2.05) is 18.2 Å². The predicted molar refractivity (Wildman–Crippen MR) is 125 cm³/mol. The lowest BCUT2D eigenvalue weighted by molar-refractivity contribution is 0.0646.